The first kappa shape index (κ1) is 16.1. The van der Waals surface area contributed by atoms with E-state index in [0.29, 0.717) is 18.6 Å². The number of hydrogen-bond donors (Lipinski definition) is 1. The molecule has 0 aliphatic heterocycles. The highest BCUT2D eigenvalue weighted by atomic mass is 19.4. The predicted octanol–water partition coefficient (Wildman–Crippen LogP) is 4.38. The van der Waals surface area contributed by atoms with Crippen LogP contribution in [0.4, 0.5) is 13.2 Å². The van der Waals surface area contributed by atoms with Crippen molar-refractivity contribution in [2.45, 2.75) is 57.3 Å². The molecule has 0 saturated heterocycles. The second-order valence-electron chi connectivity index (χ2n) is 6.19. The van der Waals surface area contributed by atoms with Crippen LogP contribution >= 0.6 is 0 Å². The minimum atomic E-state index is -4.17. The van der Waals surface area contributed by atoms with E-state index < -0.39 is 17.6 Å². The topological polar surface area (TPSA) is 35.2 Å². The molecular formula is C16H22F3NO. The molecule has 2 rings (SSSR count). The monoisotopic (exact) mass is 301 g/mol. The Balaban J connectivity index is 2.23. The van der Waals surface area contributed by atoms with Crippen LogP contribution < -0.4 is 10.5 Å². The van der Waals surface area contributed by atoms with Gasteiger partial charge in [0.1, 0.15) is 5.75 Å². The van der Waals surface area contributed by atoms with Gasteiger partial charge in [0.25, 0.3) is 0 Å². The SMILES string of the molecule is CC(C)Oc1cccc(C2(N)CCCC(C(F)(F)F)C2)c1. The van der Waals surface area contributed by atoms with Crippen LogP contribution in [-0.4, -0.2) is 12.3 Å². The Morgan fingerprint density at radius 3 is 2.67 bits per heavy atom. The van der Waals surface area contributed by atoms with E-state index in [-0.39, 0.29) is 18.9 Å². The molecule has 2 N–H and O–H groups in total. The molecule has 1 aromatic rings. The lowest BCUT2D eigenvalue weighted by Gasteiger charge is -2.39. The summed E-state index contributed by atoms with van der Waals surface area (Å²) in [5, 5.41) is 0. The van der Waals surface area contributed by atoms with Crippen molar-refractivity contribution in [3.63, 3.8) is 0 Å². The normalized spacial score (nSPS) is 26.9. The van der Waals surface area contributed by atoms with Crippen LogP contribution in [0.1, 0.15) is 45.1 Å². The summed E-state index contributed by atoms with van der Waals surface area (Å²) < 4.78 is 44.5. The Hall–Kier alpha value is -1.23. The molecule has 0 heterocycles. The van der Waals surface area contributed by atoms with Crippen LogP contribution in [-0.2, 0) is 5.54 Å². The highest BCUT2D eigenvalue weighted by molar-refractivity contribution is 5.34. The molecule has 1 aromatic carbocycles. The molecule has 21 heavy (non-hydrogen) atoms. The molecule has 5 heteroatoms. The Morgan fingerprint density at radius 2 is 2.05 bits per heavy atom. The van der Waals surface area contributed by atoms with E-state index >= 15 is 0 Å². The Labute approximate surface area is 123 Å². The average Bonchev–Trinajstić information content (AvgIpc) is 2.37. The maximum absolute atomic E-state index is 13.0. The second-order valence-corrected chi connectivity index (χ2v) is 6.19. The summed E-state index contributed by atoms with van der Waals surface area (Å²) in [6.07, 6.45) is -2.97. The Bertz CT molecular complexity index is 487. The molecule has 2 unspecified atom stereocenters. The largest absolute Gasteiger partial charge is 0.491 e. The first-order valence-corrected chi connectivity index (χ1v) is 7.33. The van der Waals surface area contributed by atoms with Gasteiger partial charge in [-0.3, -0.25) is 0 Å². The van der Waals surface area contributed by atoms with Gasteiger partial charge in [-0.15, -0.1) is 0 Å². The molecule has 0 bridgehead atoms. The van der Waals surface area contributed by atoms with E-state index in [9.17, 15) is 13.2 Å². The summed E-state index contributed by atoms with van der Waals surface area (Å²) in [5.41, 5.74) is 6.12. The molecular weight excluding hydrogens is 279 g/mol. The van der Waals surface area contributed by atoms with Crippen molar-refractivity contribution in [1.29, 1.82) is 0 Å². The second kappa shape index (κ2) is 5.87. The molecule has 118 valence electrons. The van der Waals surface area contributed by atoms with Gasteiger partial charge >= 0.3 is 6.18 Å². The molecule has 1 saturated carbocycles. The molecule has 0 spiro atoms. The Morgan fingerprint density at radius 1 is 1.33 bits per heavy atom. The van der Waals surface area contributed by atoms with Crippen molar-refractivity contribution >= 4 is 0 Å². The van der Waals surface area contributed by atoms with Gasteiger partial charge in [0, 0.05) is 5.54 Å². The lowest BCUT2D eigenvalue weighted by Crippen LogP contribution is -2.44. The van der Waals surface area contributed by atoms with Crippen molar-refractivity contribution < 1.29 is 17.9 Å². The standard InChI is InChI=1S/C16H22F3NO/c1-11(2)21-14-7-3-5-12(9-14)15(20)8-4-6-13(10-15)16(17,18)19/h3,5,7,9,11,13H,4,6,8,10,20H2,1-2H3. The number of benzene rings is 1. The van der Waals surface area contributed by atoms with Crippen molar-refractivity contribution in [2.24, 2.45) is 11.7 Å². The quantitative estimate of drug-likeness (QED) is 0.899. The number of nitrogens with two attached hydrogens (primary N) is 1. The van der Waals surface area contributed by atoms with Crippen molar-refractivity contribution in [2.75, 3.05) is 0 Å². The predicted molar refractivity (Wildman–Crippen MR) is 76.1 cm³/mol. The van der Waals surface area contributed by atoms with Gasteiger partial charge in [-0.25, -0.2) is 0 Å². The van der Waals surface area contributed by atoms with Gasteiger partial charge in [-0.2, -0.15) is 13.2 Å². The van der Waals surface area contributed by atoms with Gasteiger partial charge in [-0.1, -0.05) is 18.6 Å². The zero-order valence-corrected chi connectivity index (χ0v) is 12.4. The molecule has 0 amide bonds. The molecule has 2 atom stereocenters. The maximum Gasteiger partial charge on any atom is 0.391 e. The van der Waals surface area contributed by atoms with Crippen LogP contribution in [0.3, 0.4) is 0 Å². The lowest BCUT2D eigenvalue weighted by atomic mass is 9.72. The fourth-order valence-corrected chi connectivity index (χ4v) is 3.00. The van der Waals surface area contributed by atoms with Gasteiger partial charge in [0.2, 0.25) is 0 Å². The van der Waals surface area contributed by atoms with Crippen molar-refractivity contribution in [1.82, 2.24) is 0 Å². The summed E-state index contributed by atoms with van der Waals surface area (Å²) in [4.78, 5) is 0. The highest BCUT2D eigenvalue weighted by Crippen LogP contribution is 2.45. The Kier molecular flexibility index (Phi) is 4.51. The zero-order valence-electron chi connectivity index (χ0n) is 12.4. The van der Waals surface area contributed by atoms with Crippen molar-refractivity contribution in [3.8, 4) is 5.75 Å². The van der Waals surface area contributed by atoms with E-state index in [0.717, 1.165) is 5.56 Å². The lowest BCUT2D eigenvalue weighted by molar-refractivity contribution is -0.187. The van der Waals surface area contributed by atoms with Crippen molar-refractivity contribution in [3.05, 3.63) is 29.8 Å². The average molecular weight is 301 g/mol. The minimum Gasteiger partial charge on any atom is -0.491 e. The molecule has 0 aromatic heterocycles. The van der Waals surface area contributed by atoms with E-state index in [1.54, 1.807) is 24.3 Å². The third kappa shape index (κ3) is 3.90. The first-order valence-electron chi connectivity index (χ1n) is 7.33. The molecule has 1 fully saturated rings. The van der Waals surface area contributed by atoms with E-state index in [4.69, 9.17) is 10.5 Å². The summed E-state index contributed by atoms with van der Waals surface area (Å²) in [5.74, 6) is -0.660. The summed E-state index contributed by atoms with van der Waals surface area (Å²) in [6.45, 7) is 3.82. The fraction of sp³-hybridized carbons (Fsp3) is 0.625. The third-order valence-electron chi connectivity index (χ3n) is 4.03. The highest BCUT2D eigenvalue weighted by Gasteiger charge is 2.46. The molecule has 0 radical (unpaired) electrons. The van der Waals surface area contributed by atoms with E-state index in [1.807, 2.05) is 13.8 Å². The van der Waals surface area contributed by atoms with Crippen LogP contribution in [0.2, 0.25) is 0 Å². The van der Waals surface area contributed by atoms with E-state index in [2.05, 4.69) is 0 Å². The van der Waals surface area contributed by atoms with Crippen LogP contribution in [0, 0.1) is 5.92 Å². The number of rotatable bonds is 3. The smallest absolute Gasteiger partial charge is 0.391 e. The van der Waals surface area contributed by atoms with Crippen LogP contribution in [0.5, 0.6) is 5.75 Å². The summed E-state index contributed by atoms with van der Waals surface area (Å²) in [6, 6.07) is 7.17. The number of hydrogen-bond acceptors (Lipinski definition) is 2. The van der Waals surface area contributed by atoms with Gasteiger partial charge in [0.15, 0.2) is 0 Å². The number of halogens is 3. The van der Waals surface area contributed by atoms with Gasteiger partial charge in [0.05, 0.1) is 12.0 Å². The fourth-order valence-electron chi connectivity index (χ4n) is 3.00. The van der Waals surface area contributed by atoms with Crippen LogP contribution in [0.15, 0.2) is 24.3 Å². The molecule has 1 aliphatic carbocycles. The first-order chi connectivity index (χ1) is 9.71. The van der Waals surface area contributed by atoms with E-state index in [1.165, 1.54) is 0 Å². The number of ether oxygens (including phenoxy) is 1. The minimum absolute atomic E-state index is 0.0169. The number of alkyl halides is 3. The molecule has 2 nitrogen and oxygen atoms in total. The van der Waals surface area contributed by atoms with Gasteiger partial charge in [-0.05, 0) is 50.8 Å². The van der Waals surface area contributed by atoms with Gasteiger partial charge < -0.3 is 10.5 Å². The third-order valence-corrected chi connectivity index (χ3v) is 4.03. The summed E-state index contributed by atoms with van der Waals surface area (Å²) >= 11 is 0. The maximum atomic E-state index is 13.0. The molecule has 1 aliphatic rings. The zero-order chi connectivity index (χ0) is 15.7. The summed E-state index contributed by atoms with van der Waals surface area (Å²) in [7, 11) is 0. The van der Waals surface area contributed by atoms with Crippen LogP contribution in [0.25, 0.3) is 0 Å².